The predicted octanol–water partition coefficient (Wildman–Crippen LogP) is 2.13. The van der Waals surface area contributed by atoms with Crippen LogP contribution in [-0.4, -0.2) is 41.7 Å². The number of anilines is 1. The highest BCUT2D eigenvalue weighted by Crippen LogP contribution is 2.30. The molecular weight excluding hydrogens is 226 g/mol. The zero-order valence-corrected chi connectivity index (χ0v) is 10.9. The molecule has 1 unspecified atom stereocenters. The van der Waals surface area contributed by atoms with Gasteiger partial charge in [-0.3, -0.25) is 4.90 Å². The molecule has 2 heterocycles. The van der Waals surface area contributed by atoms with Crippen molar-refractivity contribution >= 4 is 5.69 Å². The zero-order valence-electron chi connectivity index (χ0n) is 10.9. The molecule has 4 heteroatoms. The van der Waals surface area contributed by atoms with Gasteiger partial charge in [-0.2, -0.15) is 0 Å². The molecule has 18 heavy (non-hydrogen) atoms. The molecule has 0 amide bonds. The van der Waals surface area contributed by atoms with Crippen molar-refractivity contribution < 1.29 is 4.74 Å². The summed E-state index contributed by atoms with van der Waals surface area (Å²) in [7, 11) is 0. The quantitative estimate of drug-likeness (QED) is 0.865. The van der Waals surface area contributed by atoms with Crippen LogP contribution in [0.2, 0.25) is 0 Å². The first-order chi connectivity index (χ1) is 8.85. The fourth-order valence-corrected chi connectivity index (χ4v) is 2.61. The van der Waals surface area contributed by atoms with Crippen molar-refractivity contribution in [2.24, 2.45) is 0 Å². The lowest BCUT2D eigenvalue weighted by Crippen LogP contribution is -2.27. The Morgan fingerprint density at radius 1 is 1.39 bits per heavy atom. The lowest BCUT2D eigenvalue weighted by molar-refractivity contribution is 0.325. The van der Waals surface area contributed by atoms with E-state index in [4.69, 9.17) is 4.74 Å². The Balaban J connectivity index is 1.52. The van der Waals surface area contributed by atoms with E-state index in [2.05, 4.69) is 21.3 Å². The van der Waals surface area contributed by atoms with E-state index in [0.29, 0.717) is 18.5 Å². The molecule has 2 fully saturated rings. The van der Waals surface area contributed by atoms with Crippen LogP contribution in [0, 0.1) is 0 Å². The Hall–Kier alpha value is -1.29. The second kappa shape index (κ2) is 5.14. The number of hydrogen-bond acceptors (Lipinski definition) is 4. The Kier molecular flexibility index (Phi) is 3.37. The molecule has 4 nitrogen and oxygen atoms in total. The molecule has 2 aliphatic rings. The minimum atomic E-state index is 0.574. The number of hydrogen-bond donors (Lipinski definition) is 1. The maximum Gasteiger partial charge on any atom is 0.213 e. The smallest absolute Gasteiger partial charge is 0.213 e. The topological polar surface area (TPSA) is 37.4 Å². The Morgan fingerprint density at radius 2 is 2.28 bits per heavy atom. The third kappa shape index (κ3) is 2.75. The van der Waals surface area contributed by atoms with Gasteiger partial charge in [-0.25, -0.2) is 4.98 Å². The summed E-state index contributed by atoms with van der Waals surface area (Å²) in [5, 5.41) is 3.56. The molecule has 0 bridgehead atoms. The molecule has 1 aliphatic heterocycles. The van der Waals surface area contributed by atoms with Crippen molar-refractivity contribution in [1.82, 2.24) is 9.88 Å². The zero-order chi connectivity index (χ0) is 12.4. The molecule has 1 atom stereocenters. The number of pyridine rings is 1. The maximum absolute atomic E-state index is 5.34. The van der Waals surface area contributed by atoms with Gasteiger partial charge in [0.05, 0.1) is 18.5 Å². The van der Waals surface area contributed by atoms with Gasteiger partial charge in [-0.05, 0) is 32.3 Å². The van der Waals surface area contributed by atoms with Crippen LogP contribution in [0.15, 0.2) is 18.3 Å². The van der Waals surface area contributed by atoms with Crippen molar-refractivity contribution in [3.8, 4) is 5.88 Å². The van der Waals surface area contributed by atoms with E-state index in [1.807, 2.05) is 19.2 Å². The van der Waals surface area contributed by atoms with Gasteiger partial charge in [-0.1, -0.05) is 0 Å². The third-order valence-corrected chi connectivity index (χ3v) is 3.68. The third-order valence-electron chi connectivity index (χ3n) is 3.68. The summed E-state index contributed by atoms with van der Waals surface area (Å²) in [6, 6.07) is 5.44. The highest BCUT2D eigenvalue weighted by molar-refractivity contribution is 5.43. The molecule has 0 aromatic carbocycles. The van der Waals surface area contributed by atoms with Gasteiger partial charge in [0.2, 0.25) is 5.88 Å². The van der Waals surface area contributed by atoms with Gasteiger partial charge >= 0.3 is 0 Å². The molecular formula is C14H21N3O. The Labute approximate surface area is 108 Å². The van der Waals surface area contributed by atoms with Crippen molar-refractivity contribution in [1.29, 1.82) is 0 Å². The van der Waals surface area contributed by atoms with Gasteiger partial charge < -0.3 is 10.1 Å². The minimum absolute atomic E-state index is 0.574. The monoisotopic (exact) mass is 247 g/mol. The van der Waals surface area contributed by atoms with Crippen molar-refractivity contribution in [3.05, 3.63) is 18.3 Å². The van der Waals surface area contributed by atoms with Crippen LogP contribution in [0.4, 0.5) is 5.69 Å². The van der Waals surface area contributed by atoms with Crippen LogP contribution in [-0.2, 0) is 0 Å². The minimum Gasteiger partial charge on any atom is -0.478 e. The summed E-state index contributed by atoms with van der Waals surface area (Å²) in [6.45, 7) is 5.06. The fourth-order valence-electron chi connectivity index (χ4n) is 2.61. The number of nitrogens with zero attached hydrogens (tertiary/aromatic N) is 2. The molecule has 0 spiro atoms. The van der Waals surface area contributed by atoms with Gasteiger partial charge in [0, 0.05) is 31.2 Å². The van der Waals surface area contributed by atoms with E-state index >= 15 is 0 Å². The number of ether oxygens (including phenoxy) is 1. The summed E-state index contributed by atoms with van der Waals surface area (Å²) in [6.07, 6.45) is 5.91. The average molecular weight is 247 g/mol. The molecule has 1 aromatic heterocycles. The van der Waals surface area contributed by atoms with Gasteiger partial charge in [0.15, 0.2) is 0 Å². The first-order valence-electron chi connectivity index (χ1n) is 6.94. The number of likely N-dealkylation sites (tertiary alicyclic amines) is 1. The Morgan fingerprint density at radius 3 is 2.94 bits per heavy atom. The molecule has 0 radical (unpaired) electrons. The molecule has 3 rings (SSSR count). The average Bonchev–Trinajstić information content (AvgIpc) is 3.13. The van der Waals surface area contributed by atoms with E-state index in [9.17, 15) is 0 Å². The summed E-state index contributed by atoms with van der Waals surface area (Å²) in [5.41, 5.74) is 1.10. The molecule has 1 saturated heterocycles. The highest BCUT2D eigenvalue weighted by atomic mass is 16.5. The molecule has 1 saturated carbocycles. The number of aromatic nitrogens is 1. The van der Waals surface area contributed by atoms with Crippen molar-refractivity contribution in [2.45, 2.75) is 38.3 Å². The standard InChI is InChI=1S/C14H21N3O/c1-2-18-14-6-3-11(9-15-14)16-12-7-8-17(10-12)13-4-5-13/h3,6,9,12-13,16H,2,4-5,7-8,10H2,1H3. The van der Waals surface area contributed by atoms with Gasteiger partial charge in [0.1, 0.15) is 0 Å². The van der Waals surface area contributed by atoms with Gasteiger partial charge in [0.25, 0.3) is 0 Å². The van der Waals surface area contributed by atoms with Crippen molar-refractivity contribution in [2.75, 3.05) is 25.0 Å². The lowest BCUT2D eigenvalue weighted by atomic mass is 10.2. The molecule has 1 N–H and O–H groups in total. The molecule has 98 valence electrons. The van der Waals surface area contributed by atoms with E-state index in [0.717, 1.165) is 11.7 Å². The second-order valence-electron chi connectivity index (χ2n) is 5.17. The van der Waals surface area contributed by atoms with Crippen LogP contribution in [0.3, 0.4) is 0 Å². The van der Waals surface area contributed by atoms with Crippen LogP contribution in [0.5, 0.6) is 5.88 Å². The normalized spacial score (nSPS) is 24.2. The van der Waals surface area contributed by atoms with E-state index < -0.39 is 0 Å². The van der Waals surface area contributed by atoms with Gasteiger partial charge in [-0.15, -0.1) is 0 Å². The summed E-state index contributed by atoms with van der Waals surface area (Å²) in [5.74, 6) is 0.703. The predicted molar refractivity (Wildman–Crippen MR) is 72.0 cm³/mol. The fraction of sp³-hybridized carbons (Fsp3) is 0.643. The highest BCUT2D eigenvalue weighted by Gasteiger charge is 2.34. The van der Waals surface area contributed by atoms with Crippen LogP contribution in [0.25, 0.3) is 0 Å². The van der Waals surface area contributed by atoms with Crippen LogP contribution >= 0.6 is 0 Å². The maximum atomic E-state index is 5.34. The summed E-state index contributed by atoms with van der Waals surface area (Å²) >= 11 is 0. The number of rotatable bonds is 5. The lowest BCUT2D eigenvalue weighted by Gasteiger charge is -2.16. The van der Waals surface area contributed by atoms with Crippen LogP contribution in [0.1, 0.15) is 26.2 Å². The summed E-state index contributed by atoms with van der Waals surface area (Å²) < 4.78 is 5.34. The molecule has 1 aromatic rings. The first-order valence-corrected chi connectivity index (χ1v) is 6.94. The second-order valence-corrected chi connectivity index (χ2v) is 5.17. The van der Waals surface area contributed by atoms with E-state index in [1.54, 1.807) is 0 Å². The summed E-state index contributed by atoms with van der Waals surface area (Å²) in [4.78, 5) is 6.89. The van der Waals surface area contributed by atoms with Crippen LogP contribution < -0.4 is 10.1 Å². The first kappa shape index (κ1) is 11.8. The number of nitrogens with one attached hydrogen (secondary N) is 1. The largest absolute Gasteiger partial charge is 0.478 e. The van der Waals surface area contributed by atoms with Crippen molar-refractivity contribution in [3.63, 3.8) is 0 Å². The van der Waals surface area contributed by atoms with E-state index in [-0.39, 0.29) is 0 Å². The SMILES string of the molecule is CCOc1ccc(NC2CCN(C3CC3)C2)cn1. The molecule has 1 aliphatic carbocycles. The Bertz CT molecular complexity index is 389. The van der Waals surface area contributed by atoms with E-state index in [1.165, 1.54) is 32.4 Å².